The van der Waals surface area contributed by atoms with Crippen molar-refractivity contribution in [1.29, 1.82) is 0 Å². The molecular formula is C29H32Cl3N3O4S. The van der Waals surface area contributed by atoms with E-state index in [4.69, 9.17) is 34.8 Å². The zero-order valence-electron chi connectivity index (χ0n) is 22.5. The molecule has 0 heterocycles. The Kier molecular flexibility index (Phi) is 11.3. The fourth-order valence-corrected chi connectivity index (χ4v) is 5.95. The zero-order valence-corrected chi connectivity index (χ0v) is 25.6. The van der Waals surface area contributed by atoms with Crippen molar-refractivity contribution >= 4 is 62.3 Å². The van der Waals surface area contributed by atoms with Gasteiger partial charge in [0.1, 0.15) is 12.6 Å². The summed E-state index contributed by atoms with van der Waals surface area (Å²) in [6, 6.07) is 16.7. The monoisotopic (exact) mass is 623 g/mol. The van der Waals surface area contributed by atoms with Crippen molar-refractivity contribution in [3.05, 3.63) is 92.9 Å². The predicted molar refractivity (Wildman–Crippen MR) is 162 cm³/mol. The summed E-state index contributed by atoms with van der Waals surface area (Å²) in [6.07, 6.45) is 1.04. The van der Waals surface area contributed by atoms with Gasteiger partial charge in [0, 0.05) is 18.1 Å². The second kappa shape index (κ2) is 14.2. The van der Waals surface area contributed by atoms with E-state index in [1.165, 1.54) is 29.2 Å². The molecule has 1 N–H and O–H groups in total. The molecule has 0 unspecified atom stereocenters. The third-order valence-electron chi connectivity index (χ3n) is 6.27. The minimum absolute atomic E-state index is 0.0194. The van der Waals surface area contributed by atoms with Gasteiger partial charge in [-0.25, -0.2) is 8.42 Å². The lowest BCUT2D eigenvalue weighted by atomic mass is 10.1. The minimum Gasteiger partial charge on any atom is -0.354 e. The first-order valence-corrected chi connectivity index (χ1v) is 15.4. The summed E-state index contributed by atoms with van der Waals surface area (Å²) < 4.78 is 28.7. The molecule has 0 aromatic heterocycles. The summed E-state index contributed by atoms with van der Waals surface area (Å²) in [6.45, 7) is 5.55. The van der Waals surface area contributed by atoms with E-state index in [1.807, 2.05) is 13.8 Å². The molecule has 0 aliphatic heterocycles. The lowest BCUT2D eigenvalue weighted by Crippen LogP contribution is -2.52. The Morgan fingerprint density at radius 3 is 2.12 bits per heavy atom. The summed E-state index contributed by atoms with van der Waals surface area (Å²) in [5.41, 5.74) is 1.89. The number of amides is 2. The third kappa shape index (κ3) is 7.91. The van der Waals surface area contributed by atoms with E-state index in [1.54, 1.807) is 49.4 Å². The van der Waals surface area contributed by atoms with E-state index in [0.29, 0.717) is 39.3 Å². The number of halogens is 3. The van der Waals surface area contributed by atoms with Gasteiger partial charge in [-0.05, 0) is 73.9 Å². The summed E-state index contributed by atoms with van der Waals surface area (Å²) >= 11 is 18.3. The molecule has 0 aliphatic rings. The first-order valence-electron chi connectivity index (χ1n) is 12.8. The van der Waals surface area contributed by atoms with Gasteiger partial charge in [-0.15, -0.1) is 0 Å². The fourth-order valence-electron chi connectivity index (χ4n) is 4.09. The summed E-state index contributed by atoms with van der Waals surface area (Å²) in [5, 5.41) is 3.90. The van der Waals surface area contributed by atoms with Crippen LogP contribution in [-0.2, 0) is 26.2 Å². The number of hydrogen-bond donors (Lipinski definition) is 1. The highest BCUT2D eigenvalue weighted by Crippen LogP contribution is 2.27. The molecule has 0 fully saturated rings. The van der Waals surface area contributed by atoms with Crippen LogP contribution in [0.3, 0.4) is 0 Å². The summed E-state index contributed by atoms with van der Waals surface area (Å²) in [4.78, 5) is 28.5. The number of sulfonamides is 1. The molecule has 0 saturated heterocycles. The van der Waals surface area contributed by atoms with Gasteiger partial charge in [-0.1, -0.05) is 72.4 Å². The zero-order chi connectivity index (χ0) is 29.4. The quantitative estimate of drug-likeness (QED) is 0.250. The highest BCUT2D eigenvalue weighted by atomic mass is 35.5. The van der Waals surface area contributed by atoms with Gasteiger partial charge in [-0.2, -0.15) is 0 Å². The van der Waals surface area contributed by atoms with E-state index >= 15 is 0 Å². The predicted octanol–water partition coefficient (Wildman–Crippen LogP) is 6.48. The van der Waals surface area contributed by atoms with Crippen molar-refractivity contribution in [3.8, 4) is 0 Å². The average molecular weight is 625 g/mol. The largest absolute Gasteiger partial charge is 0.354 e. The van der Waals surface area contributed by atoms with Crippen LogP contribution in [0.15, 0.2) is 71.6 Å². The molecule has 0 aliphatic carbocycles. The van der Waals surface area contributed by atoms with Crippen LogP contribution in [0, 0.1) is 6.92 Å². The SMILES string of the molecule is CCCNC(=O)[C@@H](CC)N(Cc1ccc(Cl)c(Cl)c1)C(=O)CN(c1ccc(C)cc1)S(=O)(=O)c1ccc(Cl)cc1. The van der Waals surface area contributed by atoms with Gasteiger partial charge in [0.25, 0.3) is 10.0 Å². The molecule has 0 bridgehead atoms. The molecule has 11 heteroatoms. The van der Waals surface area contributed by atoms with Gasteiger partial charge in [-0.3, -0.25) is 13.9 Å². The Labute approximate surface area is 251 Å². The van der Waals surface area contributed by atoms with Crippen LogP contribution in [0.1, 0.15) is 37.8 Å². The Morgan fingerprint density at radius 2 is 1.55 bits per heavy atom. The number of hydrogen-bond acceptors (Lipinski definition) is 4. The Hall–Kier alpha value is -2.78. The fraction of sp³-hybridized carbons (Fsp3) is 0.310. The van der Waals surface area contributed by atoms with Crippen molar-refractivity contribution in [2.75, 3.05) is 17.4 Å². The molecule has 0 spiro atoms. The summed E-state index contributed by atoms with van der Waals surface area (Å²) in [7, 11) is -4.18. The highest BCUT2D eigenvalue weighted by molar-refractivity contribution is 7.92. The van der Waals surface area contributed by atoms with E-state index in [9.17, 15) is 18.0 Å². The van der Waals surface area contributed by atoms with Crippen LogP contribution in [0.5, 0.6) is 0 Å². The molecule has 0 radical (unpaired) electrons. The number of carbonyl (C=O) groups is 2. The Bertz CT molecular complexity index is 1430. The number of anilines is 1. The highest BCUT2D eigenvalue weighted by Gasteiger charge is 2.33. The minimum atomic E-state index is -4.18. The molecule has 7 nitrogen and oxygen atoms in total. The molecule has 0 saturated carbocycles. The average Bonchev–Trinajstić information content (AvgIpc) is 2.93. The maximum absolute atomic E-state index is 14.0. The third-order valence-corrected chi connectivity index (χ3v) is 9.05. The standard InChI is InChI=1S/C29H32Cl3N3O4S/c1-4-16-33-29(37)27(5-2)34(18-21-8-15-25(31)26(32)17-21)28(36)19-35(23-11-6-20(3)7-12-23)40(38,39)24-13-9-22(30)10-14-24/h6-15,17,27H,4-5,16,18-19H2,1-3H3,(H,33,37)/t27-/m1/s1. The second-order valence-corrected chi connectivity index (χ2v) is 12.4. The number of aryl methyl sites for hydroxylation is 1. The lowest BCUT2D eigenvalue weighted by Gasteiger charge is -2.33. The van der Waals surface area contributed by atoms with E-state index in [2.05, 4.69) is 5.32 Å². The molecule has 40 heavy (non-hydrogen) atoms. The molecule has 1 atom stereocenters. The topological polar surface area (TPSA) is 86.8 Å². The number of nitrogens with zero attached hydrogens (tertiary/aromatic N) is 2. The Balaban J connectivity index is 2.06. The van der Waals surface area contributed by atoms with Crippen LogP contribution < -0.4 is 9.62 Å². The normalized spacial score (nSPS) is 12.1. The van der Waals surface area contributed by atoms with Crippen LogP contribution >= 0.6 is 34.8 Å². The van der Waals surface area contributed by atoms with Gasteiger partial charge in [0.2, 0.25) is 11.8 Å². The molecular weight excluding hydrogens is 593 g/mol. The molecule has 3 rings (SSSR count). The second-order valence-electron chi connectivity index (χ2n) is 9.29. The smallest absolute Gasteiger partial charge is 0.264 e. The van der Waals surface area contributed by atoms with Gasteiger partial charge in [0.05, 0.1) is 20.6 Å². The van der Waals surface area contributed by atoms with Crippen LogP contribution in [0.4, 0.5) is 5.69 Å². The first kappa shape index (κ1) is 31.7. The maximum Gasteiger partial charge on any atom is 0.264 e. The Morgan fingerprint density at radius 1 is 0.900 bits per heavy atom. The number of nitrogens with one attached hydrogen (secondary N) is 1. The van der Waals surface area contributed by atoms with E-state index in [-0.39, 0.29) is 17.3 Å². The van der Waals surface area contributed by atoms with Crippen molar-refractivity contribution in [2.45, 2.75) is 51.1 Å². The molecule has 3 aromatic carbocycles. The molecule has 214 valence electrons. The van der Waals surface area contributed by atoms with E-state index < -0.39 is 28.5 Å². The van der Waals surface area contributed by atoms with Crippen LogP contribution in [0.25, 0.3) is 0 Å². The van der Waals surface area contributed by atoms with E-state index in [0.717, 1.165) is 16.3 Å². The van der Waals surface area contributed by atoms with Crippen molar-refractivity contribution in [3.63, 3.8) is 0 Å². The van der Waals surface area contributed by atoms with Gasteiger partial charge < -0.3 is 10.2 Å². The van der Waals surface area contributed by atoms with Gasteiger partial charge in [0.15, 0.2) is 0 Å². The van der Waals surface area contributed by atoms with Crippen molar-refractivity contribution in [1.82, 2.24) is 10.2 Å². The number of benzene rings is 3. The van der Waals surface area contributed by atoms with Crippen LogP contribution in [0.2, 0.25) is 15.1 Å². The molecule has 2 amide bonds. The van der Waals surface area contributed by atoms with Gasteiger partial charge >= 0.3 is 0 Å². The van der Waals surface area contributed by atoms with Crippen molar-refractivity contribution in [2.24, 2.45) is 0 Å². The summed E-state index contributed by atoms with van der Waals surface area (Å²) in [5.74, 6) is -0.872. The van der Waals surface area contributed by atoms with Crippen LogP contribution in [-0.4, -0.2) is 44.3 Å². The lowest BCUT2D eigenvalue weighted by molar-refractivity contribution is -0.140. The number of rotatable bonds is 12. The molecule has 3 aromatic rings. The van der Waals surface area contributed by atoms with Crippen molar-refractivity contribution < 1.29 is 18.0 Å². The number of carbonyl (C=O) groups excluding carboxylic acids is 2. The maximum atomic E-state index is 14.0. The first-order chi connectivity index (χ1) is 19.0.